The molecule has 1 fully saturated rings. The molecule has 1 aromatic carbocycles. The van der Waals surface area contributed by atoms with Crippen LogP contribution in [0.5, 0.6) is 0 Å². The van der Waals surface area contributed by atoms with Crippen LogP contribution in [-0.4, -0.2) is 67.2 Å². The number of nitrogens with one attached hydrogen (secondary N) is 2. The maximum Gasteiger partial charge on any atom is 0.273 e. The van der Waals surface area contributed by atoms with Crippen LogP contribution in [0.3, 0.4) is 0 Å². The first-order chi connectivity index (χ1) is 17.3. The summed E-state index contributed by atoms with van der Waals surface area (Å²) in [7, 11) is 1.66. The van der Waals surface area contributed by atoms with Crippen LogP contribution in [0.4, 0.5) is 30.4 Å². The number of anilines is 3. The van der Waals surface area contributed by atoms with Crippen molar-refractivity contribution < 1.29 is 22.7 Å². The number of aromatic amines is 1. The van der Waals surface area contributed by atoms with Gasteiger partial charge in [-0.15, -0.1) is 0 Å². The zero-order valence-electron chi connectivity index (χ0n) is 19.6. The predicted molar refractivity (Wildman–Crippen MR) is 131 cm³/mol. The molecule has 6 N–H and O–H groups in total. The minimum atomic E-state index is -1.06. The fourth-order valence-electron chi connectivity index (χ4n) is 3.90. The molecule has 1 aliphatic rings. The summed E-state index contributed by atoms with van der Waals surface area (Å²) in [4.78, 5) is 23.6. The Labute approximate surface area is 205 Å². The van der Waals surface area contributed by atoms with Crippen LogP contribution in [0.1, 0.15) is 0 Å². The van der Waals surface area contributed by atoms with E-state index in [-0.39, 0.29) is 28.3 Å². The van der Waals surface area contributed by atoms with Gasteiger partial charge >= 0.3 is 0 Å². The van der Waals surface area contributed by atoms with E-state index in [0.29, 0.717) is 25.2 Å². The molecule has 13 heteroatoms. The summed E-state index contributed by atoms with van der Waals surface area (Å²) in [6.07, 6.45) is 3.87. The van der Waals surface area contributed by atoms with E-state index in [1.54, 1.807) is 7.11 Å². The number of carbonyl (C=O) groups is 1. The highest BCUT2D eigenvalue weighted by Gasteiger charge is 2.21. The Morgan fingerprint density at radius 1 is 1.19 bits per heavy atom. The number of halogens is 3. The molecule has 1 aliphatic heterocycles. The number of piperazine rings is 1. The van der Waals surface area contributed by atoms with Crippen molar-refractivity contribution in [2.24, 2.45) is 11.6 Å². The third-order valence-corrected chi connectivity index (χ3v) is 5.90. The molecular formula is C23H27F3N8O2. The smallest absolute Gasteiger partial charge is 0.273 e. The number of H-pyrrole nitrogens is 1. The van der Waals surface area contributed by atoms with Gasteiger partial charge in [0, 0.05) is 63.5 Å². The van der Waals surface area contributed by atoms with E-state index in [9.17, 15) is 18.0 Å². The topological polar surface area (TPSA) is 129 Å². The molecule has 0 atom stereocenters. The third-order valence-electron chi connectivity index (χ3n) is 5.90. The number of nitrogens with zero attached hydrogens (tertiary/aromatic N) is 4. The molecular weight excluding hydrogens is 477 g/mol. The van der Waals surface area contributed by atoms with E-state index in [1.807, 2.05) is 4.90 Å². The normalized spacial score (nSPS) is 14.9. The van der Waals surface area contributed by atoms with E-state index < -0.39 is 23.4 Å². The molecule has 0 spiro atoms. The number of hydrogen-bond donors (Lipinski definition) is 4. The average Bonchev–Trinajstić information content (AvgIpc) is 3.24. The highest BCUT2D eigenvalue weighted by molar-refractivity contribution is 6.08. The molecule has 0 bridgehead atoms. The summed E-state index contributed by atoms with van der Waals surface area (Å²) in [6, 6.07) is 3.15. The second-order valence-electron chi connectivity index (χ2n) is 8.28. The van der Waals surface area contributed by atoms with Crippen molar-refractivity contribution in [3.63, 3.8) is 0 Å². The Balaban J connectivity index is 1.40. The lowest BCUT2D eigenvalue weighted by Crippen LogP contribution is -2.47. The molecule has 4 rings (SSSR count). The van der Waals surface area contributed by atoms with Crippen LogP contribution in [0.15, 0.2) is 42.5 Å². The number of nitrogens with two attached hydrogens (primary N) is 2. The van der Waals surface area contributed by atoms with Gasteiger partial charge in [-0.3, -0.25) is 14.7 Å². The van der Waals surface area contributed by atoms with Gasteiger partial charge in [-0.05, 0) is 6.07 Å². The number of amides is 1. The van der Waals surface area contributed by atoms with Crippen molar-refractivity contribution >= 4 is 34.0 Å². The standard InChI is InChI=1S/C23H27F3N8O2/c1-36-7-6-32-2-4-33(5-3-32)22-18(26)8-14(11-30-22)34(28)13-19(27)23(35)31-21-12-29-20-10-17(25)16(24)9-15(20)21/h8-13,29H,2-7,27-28H2,1H3,(H,31,35)/b19-13-. The number of pyridine rings is 1. The van der Waals surface area contributed by atoms with E-state index in [0.717, 1.165) is 43.0 Å². The molecule has 1 saturated heterocycles. The monoisotopic (exact) mass is 504 g/mol. The molecule has 0 aliphatic carbocycles. The minimum absolute atomic E-state index is 0.176. The lowest BCUT2D eigenvalue weighted by atomic mass is 10.2. The lowest BCUT2D eigenvalue weighted by molar-refractivity contribution is -0.112. The molecule has 3 heterocycles. The van der Waals surface area contributed by atoms with Gasteiger partial charge < -0.3 is 25.7 Å². The van der Waals surface area contributed by atoms with Crippen LogP contribution >= 0.6 is 0 Å². The van der Waals surface area contributed by atoms with Gasteiger partial charge in [0.05, 0.1) is 35.9 Å². The molecule has 3 aromatic rings. The van der Waals surface area contributed by atoms with Crippen molar-refractivity contribution in [1.82, 2.24) is 14.9 Å². The number of hydrazine groups is 1. The second-order valence-corrected chi connectivity index (χ2v) is 8.28. The number of carbonyl (C=O) groups excluding carboxylic acids is 1. The summed E-state index contributed by atoms with van der Waals surface area (Å²) in [5.41, 5.74) is 6.22. The van der Waals surface area contributed by atoms with Crippen molar-refractivity contribution in [3.05, 3.63) is 59.9 Å². The fraction of sp³-hybridized carbons (Fsp3) is 0.304. The molecule has 0 unspecified atom stereocenters. The molecule has 1 amide bonds. The highest BCUT2D eigenvalue weighted by atomic mass is 19.2. The van der Waals surface area contributed by atoms with Crippen LogP contribution in [0, 0.1) is 17.5 Å². The third kappa shape index (κ3) is 5.53. The van der Waals surface area contributed by atoms with Crippen LogP contribution in [0.2, 0.25) is 0 Å². The minimum Gasteiger partial charge on any atom is -0.393 e. The number of fused-ring (bicyclic) bond motifs is 1. The quantitative estimate of drug-likeness (QED) is 0.208. The Kier molecular flexibility index (Phi) is 7.62. The maximum atomic E-state index is 14.8. The molecule has 0 saturated carbocycles. The zero-order valence-corrected chi connectivity index (χ0v) is 19.6. The number of methoxy groups -OCH3 is 1. The lowest BCUT2D eigenvalue weighted by Gasteiger charge is -2.35. The second kappa shape index (κ2) is 10.8. The van der Waals surface area contributed by atoms with Crippen molar-refractivity contribution in [2.45, 2.75) is 0 Å². The Morgan fingerprint density at radius 2 is 1.92 bits per heavy atom. The maximum absolute atomic E-state index is 14.8. The Bertz CT molecular complexity index is 1270. The molecule has 0 radical (unpaired) electrons. The van der Waals surface area contributed by atoms with Crippen molar-refractivity contribution in [3.8, 4) is 0 Å². The molecule has 10 nitrogen and oxygen atoms in total. The number of hydrogen-bond acceptors (Lipinski definition) is 8. The van der Waals surface area contributed by atoms with Gasteiger partial charge in [-0.2, -0.15) is 0 Å². The first-order valence-corrected chi connectivity index (χ1v) is 11.2. The van der Waals surface area contributed by atoms with Crippen LogP contribution in [0.25, 0.3) is 10.9 Å². The van der Waals surface area contributed by atoms with Gasteiger partial charge in [-0.25, -0.2) is 24.0 Å². The van der Waals surface area contributed by atoms with Crippen molar-refractivity contribution in [2.75, 3.05) is 61.7 Å². The summed E-state index contributed by atoms with van der Waals surface area (Å²) >= 11 is 0. The summed E-state index contributed by atoms with van der Waals surface area (Å²) in [6.45, 7) is 4.23. The zero-order chi connectivity index (χ0) is 25.8. The number of aromatic nitrogens is 2. The van der Waals surface area contributed by atoms with E-state index >= 15 is 0 Å². The number of rotatable bonds is 8. The summed E-state index contributed by atoms with van der Waals surface area (Å²) < 4.78 is 46.9. The Morgan fingerprint density at radius 3 is 2.61 bits per heavy atom. The molecule has 36 heavy (non-hydrogen) atoms. The summed E-state index contributed by atoms with van der Waals surface area (Å²) in [5, 5.41) is 3.74. The average molecular weight is 505 g/mol. The Hall–Kier alpha value is -3.81. The van der Waals surface area contributed by atoms with Crippen LogP contribution in [-0.2, 0) is 9.53 Å². The van der Waals surface area contributed by atoms with E-state index in [4.69, 9.17) is 16.3 Å². The van der Waals surface area contributed by atoms with Gasteiger partial charge in [-0.1, -0.05) is 0 Å². The number of benzene rings is 1. The first kappa shape index (κ1) is 25.3. The molecule has 192 valence electrons. The summed E-state index contributed by atoms with van der Waals surface area (Å²) in [5.74, 6) is 2.80. The van der Waals surface area contributed by atoms with Gasteiger partial charge in [0.2, 0.25) is 0 Å². The number of ether oxygens (including phenoxy) is 1. The highest BCUT2D eigenvalue weighted by Crippen LogP contribution is 2.26. The molecule has 2 aromatic heterocycles. The van der Waals surface area contributed by atoms with Gasteiger partial charge in [0.15, 0.2) is 23.3 Å². The first-order valence-electron chi connectivity index (χ1n) is 11.2. The van der Waals surface area contributed by atoms with E-state index in [2.05, 4.69) is 20.2 Å². The van der Waals surface area contributed by atoms with Gasteiger partial charge in [0.25, 0.3) is 5.91 Å². The largest absolute Gasteiger partial charge is 0.393 e. The fourth-order valence-corrected chi connectivity index (χ4v) is 3.90. The SMILES string of the molecule is COCCN1CCN(c2ncc(N(N)/C=C(\N)C(=O)Nc3c[nH]c4cc(F)c(F)cc34)cc2F)CC1. The van der Waals surface area contributed by atoms with Crippen molar-refractivity contribution in [1.29, 1.82) is 0 Å². The van der Waals surface area contributed by atoms with Crippen LogP contribution < -0.4 is 26.8 Å². The van der Waals surface area contributed by atoms with E-state index in [1.165, 1.54) is 18.5 Å². The predicted octanol–water partition coefficient (Wildman–Crippen LogP) is 1.87. The van der Waals surface area contributed by atoms with Gasteiger partial charge in [0.1, 0.15) is 5.70 Å².